The fourth-order valence-corrected chi connectivity index (χ4v) is 1.83. The summed E-state index contributed by atoms with van der Waals surface area (Å²) in [5.41, 5.74) is 7.93. The lowest BCUT2D eigenvalue weighted by Gasteiger charge is -2.09. The van der Waals surface area contributed by atoms with Gasteiger partial charge < -0.3 is 14.9 Å². The molecular weight excluding hydrogens is 240 g/mol. The summed E-state index contributed by atoms with van der Waals surface area (Å²) in [6, 6.07) is 3.79. The maximum absolute atomic E-state index is 6.10. The molecule has 0 spiro atoms. The first-order valence-electron chi connectivity index (χ1n) is 5.10. The zero-order chi connectivity index (χ0) is 12.6. The molecule has 0 fully saturated rings. The van der Waals surface area contributed by atoms with E-state index in [0.717, 1.165) is 11.1 Å². The maximum Gasteiger partial charge on any atom is 0.292 e. The highest BCUT2D eigenvalue weighted by Gasteiger charge is 2.16. The predicted octanol–water partition coefficient (Wildman–Crippen LogP) is 3.20. The van der Waals surface area contributed by atoms with Crippen molar-refractivity contribution in [3.63, 3.8) is 0 Å². The van der Waals surface area contributed by atoms with E-state index < -0.39 is 0 Å². The molecule has 0 radical (unpaired) electrons. The van der Waals surface area contributed by atoms with Crippen molar-refractivity contribution in [2.75, 3.05) is 12.8 Å². The summed E-state index contributed by atoms with van der Waals surface area (Å²) in [7, 11) is 1.60. The summed E-state index contributed by atoms with van der Waals surface area (Å²) in [5.74, 6) is 1.27. The molecule has 0 saturated carbocycles. The third-order valence-corrected chi connectivity index (χ3v) is 2.95. The lowest BCUT2D eigenvalue weighted by atomic mass is 10.1. The fraction of sp³-hybridized carbons (Fsp3) is 0.250. The number of nitrogen functional groups attached to an aromatic ring is 1. The molecule has 5 heteroatoms. The van der Waals surface area contributed by atoms with Crippen LogP contribution in [0.2, 0.25) is 5.02 Å². The number of benzene rings is 1. The minimum Gasteiger partial charge on any atom is -0.496 e. The fourth-order valence-electron chi connectivity index (χ4n) is 1.67. The standard InChI is InChI=1S/C12H13ClN2O2/c1-6-4-10(16-3)8(5-9(6)13)11-7(2)15-12(14)17-11/h4-5H,1-3H3,(H2,14,15). The molecule has 0 saturated heterocycles. The van der Waals surface area contributed by atoms with Gasteiger partial charge in [-0.05, 0) is 31.5 Å². The number of hydrogen-bond acceptors (Lipinski definition) is 4. The molecule has 0 amide bonds. The third-order valence-electron chi connectivity index (χ3n) is 2.54. The number of halogens is 1. The van der Waals surface area contributed by atoms with Crippen molar-refractivity contribution >= 4 is 17.6 Å². The molecular formula is C12H13ClN2O2. The van der Waals surface area contributed by atoms with Crippen molar-refractivity contribution < 1.29 is 9.15 Å². The molecule has 0 aliphatic carbocycles. The van der Waals surface area contributed by atoms with Gasteiger partial charge in [-0.1, -0.05) is 11.6 Å². The van der Waals surface area contributed by atoms with Crippen LogP contribution in [0.4, 0.5) is 6.01 Å². The Kier molecular flexibility index (Phi) is 2.98. The van der Waals surface area contributed by atoms with Gasteiger partial charge in [0.05, 0.1) is 18.4 Å². The first-order valence-corrected chi connectivity index (χ1v) is 5.48. The molecule has 0 bridgehead atoms. The van der Waals surface area contributed by atoms with Crippen molar-refractivity contribution in [1.29, 1.82) is 0 Å². The molecule has 2 aromatic rings. The molecule has 1 aromatic heterocycles. The molecule has 0 aliphatic rings. The first-order chi connectivity index (χ1) is 8.02. The second-order valence-corrected chi connectivity index (χ2v) is 4.18. The summed E-state index contributed by atoms with van der Waals surface area (Å²) in [6.07, 6.45) is 0. The largest absolute Gasteiger partial charge is 0.496 e. The van der Waals surface area contributed by atoms with Crippen molar-refractivity contribution in [3.05, 3.63) is 28.4 Å². The number of oxazole rings is 1. The summed E-state index contributed by atoms with van der Waals surface area (Å²) in [6.45, 7) is 3.73. The molecule has 90 valence electrons. The van der Waals surface area contributed by atoms with E-state index in [4.69, 9.17) is 26.5 Å². The van der Waals surface area contributed by atoms with E-state index >= 15 is 0 Å². The van der Waals surface area contributed by atoms with E-state index in [1.165, 1.54) is 0 Å². The Bertz CT molecular complexity index is 564. The Morgan fingerprint density at radius 2 is 2.06 bits per heavy atom. The van der Waals surface area contributed by atoms with Crippen LogP contribution in [0.25, 0.3) is 11.3 Å². The summed E-state index contributed by atoms with van der Waals surface area (Å²) in [4.78, 5) is 4.03. The molecule has 1 aromatic carbocycles. The van der Waals surface area contributed by atoms with E-state index in [0.29, 0.717) is 22.2 Å². The number of aryl methyl sites for hydroxylation is 2. The van der Waals surface area contributed by atoms with Crippen LogP contribution >= 0.6 is 11.6 Å². The minimum absolute atomic E-state index is 0.135. The van der Waals surface area contributed by atoms with E-state index in [1.54, 1.807) is 13.2 Å². The van der Waals surface area contributed by atoms with Crippen LogP contribution in [-0.4, -0.2) is 12.1 Å². The summed E-state index contributed by atoms with van der Waals surface area (Å²) in [5, 5.41) is 0.648. The highest BCUT2D eigenvalue weighted by Crippen LogP contribution is 2.36. The number of hydrogen-bond donors (Lipinski definition) is 1. The smallest absolute Gasteiger partial charge is 0.292 e. The molecule has 1 heterocycles. The quantitative estimate of drug-likeness (QED) is 0.892. The van der Waals surface area contributed by atoms with Crippen molar-refractivity contribution in [3.8, 4) is 17.1 Å². The van der Waals surface area contributed by atoms with Gasteiger partial charge in [0.25, 0.3) is 6.01 Å². The second kappa shape index (κ2) is 4.30. The Morgan fingerprint density at radius 1 is 1.35 bits per heavy atom. The SMILES string of the molecule is COc1cc(C)c(Cl)cc1-c1oc(N)nc1C. The highest BCUT2D eigenvalue weighted by atomic mass is 35.5. The average molecular weight is 253 g/mol. The normalized spacial score (nSPS) is 10.6. The van der Waals surface area contributed by atoms with Crippen molar-refractivity contribution in [2.24, 2.45) is 0 Å². The second-order valence-electron chi connectivity index (χ2n) is 3.77. The van der Waals surface area contributed by atoms with Crippen LogP contribution in [0.5, 0.6) is 5.75 Å². The number of nitrogens with zero attached hydrogens (tertiary/aromatic N) is 1. The van der Waals surface area contributed by atoms with Gasteiger partial charge in [0.15, 0.2) is 5.76 Å². The van der Waals surface area contributed by atoms with Crippen molar-refractivity contribution in [2.45, 2.75) is 13.8 Å². The average Bonchev–Trinajstić information content (AvgIpc) is 2.61. The number of anilines is 1. The number of ether oxygens (including phenoxy) is 1. The van der Waals surface area contributed by atoms with Gasteiger partial charge in [-0.15, -0.1) is 0 Å². The van der Waals surface area contributed by atoms with Crippen LogP contribution in [0.1, 0.15) is 11.3 Å². The van der Waals surface area contributed by atoms with Gasteiger partial charge in [-0.2, -0.15) is 4.98 Å². The molecule has 0 aliphatic heterocycles. The molecule has 2 rings (SSSR count). The topological polar surface area (TPSA) is 61.3 Å². The zero-order valence-corrected chi connectivity index (χ0v) is 10.6. The Morgan fingerprint density at radius 3 is 2.59 bits per heavy atom. The molecule has 4 nitrogen and oxygen atoms in total. The van der Waals surface area contributed by atoms with E-state index in [1.807, 2.05) is 19.9 Å². The number of nitrogens with two attached hydrogens (primary N) is 1. The van der Waals surface area contributed by atoms with Gasteiger partial charge in [-0.3, -0.25) is 0 Å². The molecule has 2 N–H and O–H groups in total. The summed E-state index contributed by atoms with van der Waals surface area (Å²) >= 11 is 6.10. The first kappa shape index (κ1) is 11.8. The van der Waals surface area contributed by atoms with E-state index in [2.05, 4.69) is 4.98 Å². The van der Waals surface area contributed by atoms with Gasteiger partial charge in [-0.25, -0.2) is 0 Å². The number of aromatic nitrogens is 1. The Balaban J connectivity index is 2.66. The van der Waals surface area contributed by atoms with E-state index in [9.17, 15) is 0 Å². The monoisotopic (exact) mass is 252 g/mol. The van der Waals surface area contributed by atoms with E-state index in [-0.39, 0.29) is 6.01 Å². The number of methoxy groups -OCH3 is 1. The predicted molar refractivity (Wildman–Crippen MR) is 67.4 cm³/mol. The molecule has 17 heavy (non-hydrogen) atoms. The highest BCUT2D eigenvalue weighted by molar-refractivity contribution is 6.31. The van der Waals surface area contributed by atoms with Gasteiger partial charge in [0, 0.05) is 5.02 Å². The van der Waals surface area contributed by atoms with Gasteiger partial charge >= 0.3 is 0 Å². The number of rotatable bonds is 2. The lowest BCUT2D eigenvalue weighted by Crippen LogP contribution is -1.90. The van der Waals surface area contributed by atoms with Gasteiger partial charge in [0.2, 0.25) is 0 Å². The molecule has 0 atom stereocenters. The Labute approximate surface area is 104 Å². The summed E-state index contributed by atoms with van der Waals surface area (Å²) < 4.78 is 10.7. The van der Waals surface area contributed by atoms with Crippen LogP contribution in [-0.2, 0) is 0 Å². The van der Waals surface area contributed by atoms with Crippen LogP contribution in [0.3, 0.4) is 0 Å². The minimum atomic E-state index is 0.135. The third kappa shape index (κ3) is 2.08. The van der Waals surface area contributed by atoms with Gasteiger partial charge in [0.1, 0.15) is 5.75 Å². The zero-order valence-electron chi connectivity index (χ0n) is 9.87. The van der Waals surface area contributed by atoms with Crippen LogP contribution in [0, 0.1) is 13.8 Å². The molecule has 0 unspecified atom stereocenters. The van der Waals surface area contributed by atoms with Crippen LogP contribution in [0.15, 0.2) is 16.5 Å². The van der Waals surface area contributed by atoms with Crippen LogP contribution < -0.4 is 10.5 Å². The lowest BCUT2D eigenvalue weighted by molar-refractivity contribution is 0.414. The maximum atomic E-state index is 6.10. The Hall–Kier alpha value is -1.68. The van der Waals surface area contributed by atoms with Crippen molar-refractivity contribution in [1.82, 2.24) is 4.98 Å².